The largest absolute Gasteiger partial charge is 0.269 e. The molecule has 0 bridgehead atoms. The lowest BCUT2D eigenvalue weighted by atomic mass is 10.1. The molecule has 0 saturated carbocycles. The van der Waals surface area contributed by atoms with Crippen LogP contribution in [0.25, 0.3) is 22.2 Å². The highest BCUT2D eigenvalue weighted by molar-refractivity contribution is 7.90. The molecule has 1 aromatic carbocycles. The van der Waals surface area contributed by atoms with E-state index in [1.54, 1.807) is 55.1 Å². The highest BCUT2D eigenvalue weighted by Gasteiger charge is 2.20. The van der Waals surface area contributed by atoms with Crippen molar-refractivity contribution in [3.8, 4) is 11.1 Å². The fourth-order valence-corrected chi connectivity index (χ4v) is 4.11. The Balaban J connectivity index is 1.92. The van der Waals surface area contributed by atoms with E-state index in [-0.39, 0.29) is 4.90 Å². The third-order valence-corrected chi connectivity index (χ3v) is 5.79. The van der Waals surface area contributed by atoms with Gasteiger partial charge in [-0.25, -0.2) is 17.4 Å². The zero-order valence-electron chi connectivity index (χ0n) is 13.5. The van der Waals surface area contributed by atoms with Gasteiger partial charge in [0, 0.05) is 35.7 Å². The summed E-state index contributed by atoms with van der Waals surface area (Å²) < 4.78 is 27.2. The van der Waals surface area contributed by atoms with E-state index >= 15 is 0 Å². The standard InChI is InChI=1S/C19H15N3O2S/c1-14-4-6-16(7-5-14)25(23,24)22-12-9-18-17(8-11-21-19(18)22)15-3-2-10-20-13-15/h2-13H,1H3. The van der Waals surface area contributed by atoms with Crippen LogP contribution in [0, 0.1) is 6.92 Å². The average Bonchev–Trinajstić information content (AvgIpc) is 3.08. The molecule has 5 nitrogen and oxygen atoms in total. The smallest absolute Gasteiger partial charge is 0.264 e. The van der Waals surface area contributed by atoms with Crippen LogP contribution in [0.4, 0.5) is 0 Å². The fourth-order valence-electron chi connectivity index (χ4n) is 2.81. The Morgan fingerprint density at radius 2 is 1.76 bits per heavy atom. The van der Waals surface area contributed by atoms with E-state index in [4.69, 9.17) is 0 Å². The first kappa shape index (κ1) is 15.5. The van der Waals surface area contributed by atoms with Crippen molar-refractivity contribution in [1.29, 1.82) is 0 Å². The Kier molecular flexibility index (Phi) is 3.62. The quantitative estimate of drug-likeness (QED) is 0.566. The molecule has 0 aliphatic carbocycles. The lowest BCUT2D eigenvalue weighted by molar-refractivity contribution is 0.589. The van der Waals surface area contributed by atoms with Crippen LogP contribution in [0.5, 0.6) is 0 Å². The minimum absolute atomic E-state index is 0.240. The van der Waals surface area contributed by atoms with Gasteiger partial charge in [-0.05, 0) is 42.8 Å². The molecule has 0 aliphatic rings. The maximum absolute atomic E-state index is 13.0. The van der Waals surface area contributed by atoms with Crippen molar-refractivity contribution in [1.82, 2.24) is 13.9 Å². The summed E-state index contributed by atoms with van der Waals surface area (Å²) in [5, 5.41) is 0.770. The van der Waals surface area contributed by atoms with Crippen molar-refractivity contribution in [2.45, 2.75) is 11.8 Å². The predicted octanol–water partition coefficient (Wildman–Crippen LogP) is 3.64. The van der Waals surface area contributed by atoms with E-state index in [9.17, 15) is 8.42 Å². The van der Waals surface area contributed by atoms with Gasteiger partial charge in [0.15, 0.2) is 5.65 Å². The number of pyridine rings is 2. The van der Waals surface area contributed by atoms with Crippen LogP contribution in [-0.2, 0) is 10.0 Å². The van der Waals surface area contributed by atoms with Crippen molar-refractivity contribution < 1.29 is 8.42 Å². The first-order valence-electron chi connectivity index (χ1n) is 7.76. The first-order valence-corrected chi connectivity index (χ1v) is 9.20. The highest BCUT2D eigenvalue weighted by atomic mass is 32.2. The van der Waals surface area contributed by atoms with E-state index in [1.807, 2.05) is 25.1 Å². The zero-order chi connectivity index (χ0) is 17.4. The normalized spacial score (nSPS) is 11.7. The molecule has 0 N–H and O–H groups in total. The molecule has 0 unspecified atom stereocenters. The average molecular weight is 349 g/mol. The van der Waals surface area contributed by atoms with Gasteiger partial charge in [0.25, 0.3) is 10.0 Å². The number of rotatable bonds is 3. The number of aromatic nitrogens is 3. The first-order chi connectivity index (χ1) is 12.1. The molecule has 0 aliphatic heterocycles. The summed E-state index contributed by atoms with van der Waals surface area (Å²) in [6.07, 6.45) is 6.62. The number of hydrogen-bond acceptors (Lipinski definition) is 4. The van der Waals surface area contributed by atoms with Gasteiger partial charge in [0.05, 0.1) is 4.90 Å². The predicted molar refractivity (Wildman–Crippen MR) is 96.7 cm³/mol. The van der Waals surface area contributed by atoms with Crippen molar-refractivity contribution in [3.05, 3.63) is 78.9 Å². The summed E-state index contributed by atoms with van der Waals surface area (Å²) in [5.74, 6) is 0. The molecule has 4 aromatic rings. The van der Waals surface area contributed by atoms with Crippen LogP contribution in [0.1, 0.15) is 5.56 Å². The Hall–Kier alpha value is -2.99. The third-order valence-electron chi connectivity index (χ3n) is 4.10. The Morgan fingerprint density at radius 3 is 2.48 bits per heavy atom. The van der Waals surface area contributed by atoms with E-state index < -0.39 is 10.0 Å². The lowest BCUT2D eigenvalue weighted by Gasteiger charge is -2.08. The second-order valence-corrected chi connectivity index (χ2v) is 7.58. The molecule has 6 heteroatoms. The van der Waals surface area contributed by atoms with Crippen LogP contribution in [0.15, 0.2) is 78.2 Å². The van der Waals surface area contributed by atoms with Crippen LogP contribution in [0.3, 0.4) is 0 Å². The summed E-state index contributed by atoms with van der Waals surface area (Å²) in [5.41, 5.74) is 3.23. The summed E-state index contributed by atoms with van der Waals surface area (Å²) in [4.78, 5) is 8.67. The molecular weight excluding hydrogens is 334 g/mol. The van der Waals surface area contributed by atoms with E-state index in [0.29, 0.717) is 5.65 Å². The van der Waals surface area contributed by atoms with E-state index in [0.717, 1.165) is 22.1 Å². The molecule has 0 atom stereocenters. The topological polar surface area (TPSA) is 64.8 Å². The Bertz CT molecular complexity index is 1150. The van der Waals surface area contributed by atoms with Crippen LogP contribution < -0.4 is 0 Å². The molecule has 0 radical (unpaired) electrons. The summed E-state index contributed by atoms with van der Waals surface area (Å²) in [6.45, 7) is 1.92. The molecule has 25 heavy (non-hydrogen) atoms. The number of aryl methyl sites for hydroxylation is 1. The molecule has 3 heterocycles. The third kappa shape index (κ3) is 2.60. The van der Waals surface area contributed by atoms with Gasteiger partial charge in [0.2, 0.25) is 0 Å². The van der Waals surface area contributed by atoms with Gasteiger partial charge in [-0.1, -0.05) is 23.8 Å². The maximum Gasteiger partial charge on any atom is 0.269 e. The van der Waals surface area contributed by atoms with Gasteiger partial charge >= 0.3 is 0 Å². The molecule has 124 valence electrons. The lowest BCUT2D eigenvalue weighted by Crippen LogP contribution is -2.12. The molecular formula is C19H15N3O2S. The second kappa shape index (κ2) is 5.82. The maximum atomic E-state index is 13.0. The minimum Gasteiger partial charge on any atom is -0.264 e. The van der Waals surface area contributed by atoms with Gasteiger partial charge < -0.3 is 0 Å². The number of hydrogen-bond donors (Lipinski definition) is 0. The molecule has 0 amide bonds. The summed E-state index contributed by atoms with van der Waals surface area (Å²) in [7, 11) is -3.70. The summed E-state index contributed by atoms with van der Waals surface area (Å²) in [6, 6.07) is 14.2. The SMILES string of the molecule is Cc1ccc(S(=O)(=O)n2ccc3c(-c4cccnc4)ccnc32)cc1. The number of nitrogens with zero attached hydrogens (tertiary/aromatic N) is 3. The van der Waals surface area contributed by atoms with Gasteiger partial charge in [-0.3, -0.25) is 4.98 Å². The van der Waals surface area contributed by atoms with Crippen molar-refractivity contribution in [2.75, 3.05) is 0 Å². The van der Waals surface area contributed by atoms with Gasteiger partial charge in [-0.2, -0.15) is 0 Å². The van der Waals surface area contributed by atoms with E-state index in [2.05, 4.69) is 9.97 Å². The van der Waals surface area contributed by atoms with Crippen molar-refractivity contribution >= 4 is 21.1 Å². The highest BCUT2D eigenvalue weighted by Crippen LogP contribution is 2.29. The Morgan fingerprint density at radius 1 is 0.960 bits per heavy atom. The molecule has 0 saturated heterocycles. The fraction of sp³-hybridized carbons (Fsp3) is 0.0526. The molecule has 4 rings (SSSR count). The molecule has 3 aromatic heterocycles. The van der Waals surface area contributed by atoms with Crippen LogP contribution in [-0.4, -0.2) is 22.4 Å². The molecule has 0 spiro atoms. The monoisotopic (exact) mass is 349 g/mol. The Labute approximate surface area is 145 Å². The van der Waals surface area contributed by atoms with Crippen LogP contribution in [0.2, 0.25) is 0 Å². The zero-order valence-corrected chi connectivity index (χ0v) is 14.3. The van der Waals surface area contributed by atoms with Crippen LogP contribution >= 0.6 is 0 Å². The summed E-state index contributed by atoms with van der Waals surface area (Å²) >= 11 is 0. The molecule has 0 fully saturated rings. The van der Waals surface area contributed by atoms with E-state index in [1.165, 1.54) is 3.97 Å². The number of benzene rings is 1. The minimum atomic E-state index is -3.70. The number of fused-ring (bicyclic) bond motifs is 1. The van der Waals surface area contributed by atoms with Crippen molar-refractivity contribution in [3.63, 3.8) is 0 Å². The van der Waals surface area contributed by atoms with Crippen molar-refractivity contribution in [2.24, 2.45) is 0 Å². The second-order valence-electron chi connectivity index (χ2n) is 5.77. The van der Waals surface area contributed by atoms with Gasteiger partial charge in [-0.15, -0.1) is 0 Å². The van der Waals surface area contributed by atoms with Gasteiger partial charge in [0.1, 0.15) is 0 Å².